The second kappa shape index (κ2) is 10.3. The van der Waals surface area contributed by atoms with Gasteiger partial charge in [0.05, 0.1) is 11.0 Å². The molecule has 178 valence electrons. The maximum Gasteiger partial charge on any atom is 0.508 e. The Morgan fingerprint density at radius 2 is 2.15 bits per heavy atom. The monoisotopic (exact) mass is 527 g/mol. The van der Waals surface area contributed by atoms with Crippen molar-refractivity contribution < 1.29 is 29.0 Å². The third-order valence-corrected chi connectivity index (χ3v) is 5.69. The molecule has 1 aromatic carbocycles. The van der Waals surface area contributed by atoms with Gasteiger partial charge in [-0.15, -0.1) is 0 Å². The van der Waals surface area contributed by atoms with Crippen LogP contribution in [-0.4, -0.2) is 51.2 Å². The zero-order valence-electron chi connectivity index (χ0n) is 17.7. The first-order chi connectivity index (χ1) is 15.6. The Labute approximate surface area is 195 Å². The van der Waals surface area contributed by atoms with Crippen molar-refractivity contribution in [2.24, 2.45) is 0 Å². The van der Waals surface area contributed by atoms with Crippen molar-refractivity contribution in [2.75, 3.05) is 13.2 Å². The van der Waals surface area contributed by atoms with Gasteiger partial charge in [0.1, 0.15) is 25.5 Å². The van der Waals surface area contributed by atoms with E-state index in [2.05, 4.69) is 20.9 Å². The van der Waals surface area contributed by atoms with Gasteiger partial charge in [-0.3, -0.25) is 24.5 Å². The van der Waals surface area contributed by atoms with Crippen LogP contribution in [0.2, 0.25) is 0 Å². The Morgan fingerprint density at radius 3 is 2.85 bits per heavy atom. The fourth-order valence-corrected chi connectivity index (χ4v) is 3.78. The zero-order valence-corrected chi connectivity index (χ0v) is 19.3. The van der Waals surface area contributed by atoms with Crippen LogP contribution in [-0.2, 0) is 14.2 Å². The Balaban J connectivity index is 1.54. The maximum absolute atomic E-state index is 12.0. The van der Waals surface area contributed by atoms with Crippen molar-refractivity contribution in [3.8, 4) is 0 Å². The summed E-state index contributed by atoms with van der Waals surface area (Å²) in [5, 5.41) is 21.4. The maximum atomic E-state index is 12.0. The van der Waals surface area contributed by atoms with Gasteiger partial charge in [-0.1, -0.05) is 22.9 Å². The van der Waals surface area contributed by atoms with E-state index < -0.39 is 46.7 Å². The predicted octanol–water partition coefficient (Wildman–Crippen LogP) is 2.12. The Morgan fingerprint density at radius 1 is 1.42 bits per heavy atom. The Kier molecular flexibility index (Phi) is 7.66. The van der Waals surface area contributed by atoms with E-state index in [4.69, 9.17) is 14.2 Å². The van der Waals surface area contributed by atoms with Crippen LogP contribution in [0.4, 0.5) is 10.5 Å². The number of carbonyl (C=O) groups excluding carboxylic acids is 1. The number of halogens is 1. The average molecular weight is 528 g/mol. The van der Waals surface area contributed by atoms with E-state index in [1.165, 1.54) is 19.2 Å². The summed E-state index contributed by atoms with van der Waals surface area (Å²) < 4.78 is 17.5. The molecule has 0 aliphatic carbocycles. The molecule has 1 saturated heterocycles. The van der Waals surface area contributed by atoms with Crippen LogP contribution in [0.15, 0.2) is 38.5 Å². The minimum absolute atomic E-state index is 0.0536. The van der Waals surface area contributed by atoms with Crippen LogP contribution in [0, 0.1) is 17.0 Å². The third kappa shape index (κ3) is 5.86. The summed E-state index contributed by atoms with van der Waals surface area (Å²) in [4.78, 5) is 48.4. The van der Waals surface area contributed by atoms with E-state index >= 15 is 0 Å². The number of H-pyrrole nitrogens is 1. The number of nitro groups is 1. The molecule has 2 aromatic rings. The van der Waals surface area contributed by atoms with Gasteiger partial charge < -0.3 is 19.3 Å². The first kappa shape index (κ1) is 24.6. The minimum atomic E-state index is -1.03. The van der Waals surface area contributed by atoms with Crippen LogP contribution >= 0.6 is 15.9 Å². The van der Waals surface area contributed by atoms with Gasteiger partial charge in [-0.05, 0) is 19.1 Å². The molecule has 2 N–H and O–H groups in total. The summed E-state index contributed by atoms with van der Waals surface area (Å²) in [5.74, 6) is -0.483. The number of aryl methyl sites for hydroxylation is 1. The van der Waals surface area contributed by atoms with Crippen molar-refractivity contribution in [3.05, 3.63) is 70.9 Å². The molecule has 0 bridgehead atoms. The molecule has 2 heterocycles. The average Bonchev–Trinajstić information content (AvgIpc) is 3.12. The van der Waals surface area contributed by atoms with Crippen LogP contribution < -0.4 is 11.2 Å². The molecule has 1 unspecified atom stereocenters. The quantitative estimate of drug-likeness (QED) is 0.311. The molecule has 13 heteroatoms. The summed E-state index contributed by atoms with van der Waals surface area (Å²) in [5.41, 5.74) is -0.597. The predicted molar refractivity (Wildman–Crippen MR) is 117 cm³/mol. The van der Waals surface area contributed by atoms with Crippen LogP contribution in [0.5, 0.6) is 0 Å². The first-order valence-corrected chi connectivity index (χ1v) is 10.7. The molecule has 12 nitrogen and oxygen atoms in total. The van der Waals surface area contributed by atoms with Crippen LogP contribution in [0.1, 0.15) is 36.6 Å². The van der Waals surface area contributed by atoms with E-state index in [1.807, 2.05) is 0 Å². The lowest BCUT2D eigenvalue weighted by atomic mass is 10.0. The topological polar surface area (TPSA) is 163 Å². The van der Waals surface area contributed by atoms with Crippen molar-refractivity contribution in [2.45, 2.75) is 44.6 Å². The number of aliphatic hydroxyl groups excluding tert-OH is 1. The second-order valence-corrected chi connectivity index (χ2v) is 8.56. The van der Waals surface area contributed by atoms with Gasteiger partial charge in [0.15, 0.2) is 0 Å². The van der Waals surface area contributed by atoms with Crippen molar-refractivity contribution >= 4 is 27.8 Å². The van der Waals surface area contributed by atoms with Crippen LogP contribution in [0.3, 0.4) is 0 Å². The Hall–Kier alpha value is -3.03. The largest absolute Gasteiger partial charge is 0.508 e. The molecular weight excluding hydrogens is 506 g/mol. The second-order valence-electron chi connectivity index (χ2n) is 7.64. The van der Waals surface area contributed by atoms with Gasteiger partial charge >= 0.3 is 11.8 Å². The highest BCUT2D eigenvalue weighted by atomic mass is 79.9. The number of nitro benzene ring substituents is 1. The Bertz CT molecular complexity index is 1160. The van der Waals surface area contributed by atoms with E-state index in [0.717, 1.165) is 4.57 Å². The number of hydrogen-bond acceptors (Lipinski definition) is 9. The number of carbonyl (C=O) groups is 1. The SMILES string of the molecule is Cc1cn([C@H]2C[C@H](O)[C@@H](COC(=O)OCC(C)c3cc(Br)ccc3[N+](=O)[O-])O2)c(=O)[nH]c1=O. The molecular formula is C20H22BrN3O9. The molecule has 1 aliphatic heterocycles. The lowest BCUT2D eigenvalue weighted by Gasteiger charge is -2.17. The molecule has 3 rings (SSSR count). The molecule has 1 aromatic heterocycles. The lowest BCUT2D eigenvalue weighted by Crippen LogP contribution is -2.33. The number of aromatic amines is 1. The van der Waals surface area contributed by atoms with E-state index in [1.54, 1.807) is 19.1 Å². The normalized spacial score (nSPS) is 20.9. The fraction of sp³-hybridized carbons (Fsp3) is 0.450. The van der Waals surface area contributed by atoms with Crippen molar-refractivity contribution in [1.82, 2.24) is 9.55 Å². The number of nitrogens with one attached hydrogen (secondary N) is 1. The molecule has 0 spiro atoms. The standard InChI is InChI=1S/C20H22BrN3O9/c1-10-7-23(19(27)22-18(10)26)17-6-15(25)16(33-17)9-32-20(28)31-8-11(2)13-5-12(21)3-4-14(13)24(29)30/h3-5,7,11,15-17,25H,6,8-9H2,1-2H3,(H,22,26,27)/t11?,15-,16+,17+/m0/s1. The van der Waals surface area contributed by atoms with Gasteiger partial charge in [-0.25, -0.2) is 9.59 Å². The number of rotatable bonds is 7. The minimum Gasteiger partial charge on any atom is -0.434 e. The smallest absolute Gasteiger partial charge is 0.434 e. The highest BCUT2D eigenvalue weighted by molar-refractivity contribution is 9.10. The molecule has 1 aliphatic rings. The number of hydrogen-bond donors (Lipinski definition) is 2. The third-order valence-electron chi connectivity index (χ3n) is 5.19. The van der Waals surface area contributed by atoms with Gasteiger partial charge in [0.25, 0.3) is 11.2 Å². The molecule has 0 saturated carbocycles. The number of aromatic nitrogens is 2. The van der Waals surface area contributed by atoms with E-state index in [9.17, 15) is 29.6 Å². The molecule has 4 atom stereocenters. The summed E-state index contributed by atoms with van der Waals surface area (Å²) >= 11 is 3.26. The summed E-state index contributed by atoms with van der Waals surface area (Å²) in [6.07, 6.45) is -2.42. The van der Waals surface area contributed by atoms with Crippen molar-refractivity contribution in [1.29, 1.82) is 0 Å². The number of benzene rings is 1. The number of ether oxygens (including phenoxy) is 3. The molecule has 1 fully saturated rings. The van der Waals surface area contributed by atoms with Crippen molar-refractivity contribution in [3.63, 3.8) is 0 Å². The van der Waals surface area contributed by atoms with Gasteiger partial charge in [0, 0.05) is 40.2 Å². The fourth-order valence-electron chi connectivity index (χ4n) is 3.40. The highest BCUT2D eigenvalue weighted by Gasteiger charge is 2.36. The molecule has 33 heavy (non-hydrogen) atoms. The van der Waals surface area contributed by atoms with Gasteiger partial charge in [-0.2, -0.15) is 0 Å². The van der Waals surface area contributed by atoms with Gasteiger partial charge in [0.2, 0.25) is 0 Å². The molecule has 0 amide bonds. The number of aliphatic hydroxyl groups is 1. The zero-order chi connectivity index (χ0) is 24.3. The van der Waals surface area contributed by atoms with Crippen LogP contribution in [0.25, 0.3) is 0 Å². The first-order valence-electron chi connectivity index (χ1n) is 9.95. The van der Waals surface area contributed by atoms with E-state index in [-0.39, 0.29) is 25.3 Å². The summed E-state index contributed by atoms with van der Waals surface area (Å²) in [6.45, 7) is 2.69. The highest BCUT2D eigenvalue weighted by Crippen LogP contribution is 2.30. The summed E-state index contributed by atoms with van der Waals surface area (Å²) in [6, 6.07) is 4.49. The molecule has 0 radical (unpaired) electrons. The number of nitrogens with zero attached hydrogens (tertiary/aromatic N) is 2. The van der Waals surface area contributed by atoms with E-state index in [0.29, 0.717) is 15.6 Å². The lowest BCUT2D eigenvalue weighted by molar-refractivity contribution is -0.385. The summed E-state index contributed by atoms with van der Waals surface area (Å²) in [7, 11) is 0.